The Labute approximate surface area is 174 Å². The first-order valence-corrected chi connectivity index (χ1v) is 11.0. The van der Waals surface area contributed by atoms with Crippen molar-refractivity contribution in [3.05, 3.63) is 57.0 Å². The van der Waals surface area contributed by atoms with Gasteiger partial charge in [0, 0.05) is 0 Å². The van der Waals surface area contributed by atoms with Crippen LogP contribution in [0.2, 0.25) is 15.1 Å². The summed E-state index contributed by atoms with van der Waals surface area (Å²) in [5, 5.41) is 3.32. The van der Waals surface area contributed by atoms with Crippen LogP contribution in [0.3, 0.4) is 0 Å². The minimum Gasteiger partial charge on any atom is -0.323 e. The number of sulfonamides is 1. The van der Waals surface area contributed by atoms with Crippen LogP contribution in [0.1, 0.15) is 18.9 Å². The topological polar surface area (TPSA) is 66.5 Å². The summed E-state index contributed by atoms with van der Waals surface area (Å²) in [7, 11) is -3.71. The van der Waals surface area contributed by atoms with Gasteiger partial charge in [0.15, 0.2) is 0 Å². The Morgan fingerprint density at radius 3 is 2.15 bits per heavy atom. The Kier molecular flexibility index (Phi) is 7.03. The summed E-state index contributed by atoms with van der Waals surface area (Å²) < 4.78 is 25.9. The summed E-state index contributed by atoms with van der Waals surface area (Å²) in [4.78, 5) is 12.9. The minimum atomic E-state index is -3.71. The minimum absolute atomic E-state index is 0.203. The average molecular weight is 450 g/mol. The number of anilines is 2. The maximum atomic E-state index is 12.9. The molecule has 0 saturated carbocycles. The van der Waals surface area contributed by atoms with E-state index < -0.39 is 22.0 Å². The molecule has 0 aliphatic carbocycles. The molecule has 0 aliphatic heterocycles. The van der Waals surface area contributed by atoms with Crippen molar-refractivity contribution in [1.82, 2.24) is 0 Å². The number of carbonyl (C=O) groups is 1. The van der Waals surface area contributed by atoms with Gasteiger partial charge in [-0.15, -0.1) is 0 Å². The van der Waals surface area contributed by atoms with Crippen LogP contribution in [0.25, 0.3) is 0 Å². The van der Waals surface area contributed by atoms with E-state index in [0.29, 0.717) is 5.69 Å². The number of amides is 1. The van der Waals surface area contributed by atoms with Crippen molar-refractivity contribution < 1.29 is 13.2 Å². The van der Waals surface area contributed by atoms with Gasteiger partial charge in [0.05, 0.1) is 32.7 Å². The van der Waals surface area contributed by atoms with E-state index in [-0.39, 0.29) is 27.2 Å². The van der Waals surface area contributed by atoms with E-state index in [4.69, 9.17) is 34.8 Å². The Bertz CT molecular complexity index is 947. The maximum Gasteiger partial charge on any atom is 0.248 e. The highest BCUT2D eigenvalue weighted by molar-refractivity contribution is 7.92. The van der Waals surface area contributed by atoms with E-state index in [9.17, 15) is 13.2 Å². The smallest absolute Gasteiger partial charge is 0.248 e. The lowest BCUT2D eigenvalue weighted by Crippen LogP contribution is -2.47. The number of carbonyl (C=O) groups excluding carboxylic acids is 1. The highest BCUT2D eigenvalue weighted by Gasteiger charge is 2.31. The molecule has 1 N–H and O–H groups in total. The van der Waals surface area contributed by atoms with Crippen molar-refractivity contribution in [2.75, 3.05) is 15.9 Å². The van der Waals surface area contributed by atoms with Crippen molar-refractivity contribution in [3.63, 3.8) is 0 Å². The third-order valence-electron chi connectivity index (χ3n) is 3.89. The first kappa shape index (κ1) is 21.8. The lowest BCUT2D eigenvalue weighted by Gasteiger charge is -2.30. The van der Waals surface area contributed by atoms with Gasteiger partial charge in [-0.25, -0.2) is 8.42 Å². The van der Waals surface area contributed by atoms with Crippen LogP contribution in [0.15, 0.2) is 36.4 Å². The first-order valence-electron chi connectivity index (χ1n) is 8.06. The van der Waals surface area contributed by atoms with Crippen LogP contribution in [-0.4, -0.2) is 26.6 Å². The molecule has 9 heteroatoms. The number of hydrogen-bond donors (Lipinski definition) is 1. The largest absolute Gasteiger partial charge is 0.323 e. The highest BCUT2D eigenvalue weighted by Crippen LogP contribution is 2.33. The second-order valence-corrected chi connectivity index (χ2v) is 9.13. The van der Waals surface area contributed by atoms with Crippen molar-refractivity contribution >= 4 is 62.1 Å². The summed E-state index contributed by atoms with van der Waals surface area (Å²) >= 11 is 18.0. The molecular weight excluding hydrogens is 431 g/mol. The first-order chi connectivity index (χ1) is 12.5. The molecule has 2 aromatic rings. The summed E-state index contributed by atoms with van der Waals surface area (Å²) in [5.74, 6) is -0.524. The molecular formula is C18H19Cl3N2O3S. The van der Waals surface area contributed by atoms with Crippen molar-refractivity contribution in [1.29, 1.82) is 0 Å². The second kappa shape index (κ2) is 8.69. The molecule has 2 rings (SSSR count). The fraction of sp³-hybridized carbons (Fsp3) is 0.278. The SMILES string of the molecule is CC[C@H](C(=O)Nc1cc(Cl)c(Cl)cc1Cl)N(c1ccc(C)cc1)S(C)(=O)=O. The standard InChI is InChI=1S/C18H19Cl3N2O3S/c1-4-17(18(24)22-16-10-14(20)13(19)9-15(16)21)23(27(3,25)26)12-7-5-11(2)6-8-12/h5-10,17H,4H2,1-3H3,(H,22,24)/t17-/m1/s1. The van der Waals surface area contributed by atoms with Crippen molar-refractivity contribution in [3.8, 4) is 0 Å². The van der Waals surface area contributed by atoms with Gasteiger partial charge in [-0.05, 0) is 37.6 Å². The third-order valence-corrected chi connectivity index (χ3v) is 6.10. The molecule has 27 heavy (non-hydrogen) atoms. The molecule has 0 radical (unpaired) electrons. The summed E-state index contributed by atoms with van der Waals surface area (Å²) in [5.41, 5.74) is 1.64. The molecule has 146 valence electrons. The molecule has 0 aliphatic rings. The van der Waals surface area contributed by atoms with Gasteiger partial charge in [0.25, 0.3) is 0 Å². The van der Waals surface area contributed by atoms with Gasteiger partial charge in [0.1, 0.15) is 6.04 Å². The maximum absolute atomic E-state index is 12.9. The zero-order chi connectivity index (χ0) is 20.4. The Hall–Kier alpha value is -1.47. The van der Waals surface area contributed by atoms with Crippen LogP contribution in [0, 0.1) is 6.92 Å². The summed E-state index contributed by atoms with van der Waals surface area (Å²) in [6, 6.07) is 8.77. The Morgan fingerprint density at radius 1 is 1.07 bits per heavy atom. The number of hydrogen-bond acceptors (Lipinski definition) is 3. The van der Waals surface area contributed by atoms with Crippen LogP contribution >= 0.6 is 34.8 Å². The summed E-state index contributed by atoms with van der Waals surface area (Å²) in [6.45, 7) is 3.62. The molecule has 0 aromatic heterocycles. The lowest BCUT2D eigenvalue weighted by atomic mass is 10.1. The predicted molar refractivity (Wildman–Crippen MR) is 113 cm³/mol. The van der Waals surface area contributed by atoms with Gasteiger partial charge in [-0.1, -0.05) is 59.4 Å². The fourth-order valence-corrected chi connectivity index (χ4v) is 4.39. The molecule has 1 amide bonds. The van der Waals surface area contributed by atoms with E-state index >= 15 is 0 Å². The van der Waals surface area contributed by atoms with Crippen molar-refractivity contribution in [2.24, 2.45) is 0 Å². The highest BCUT2D eigenvalue weighted by atomic mass is 35.5. The number of nitrogens with zero attached hydrogens (tertiary/aromatic N) is 1. The monoisotopic (exact) mass is 448 g/mol. The summed E-state index contributed by atoms with van der Waals surface area (Å²) in [6.07, 6.45) is 1.32. The van der Waals surface area contributed by atoms with E-state index in [0.717, 1.165) is 16.1 Å². The zero-order valence-electron chi connectivity index (χ0n) is 15.0. The van der Waals surface area contributed by atoms with E-state index in [1.807, 2.05) is 6.92 Å². The quantitative estimate of drug-likeness (QED) is 0.621. The molecule has 0 heterocycles. The van der Waals surface area contributed by atoms with Crippen LogP contribution in [0.5, 0.6) is 0 Å². The molecule has 0 fully saturated rings. The number of nitrogens with one attached hydrogen (secondary N) is 1. The van der Waals surface area contributed by atoms with Gasteiger partial charge in [-0.2, -0.15) is 0 Å². The zero-order valence-corrected chi connectivity index (χ0v) is 18.0. The van der Waals surface area contributed by atoms with Crippen LogP contribution in [-0.2, 0) is 14.8 Å². The normalized spacial score (nSPS) is 12.5. The van der Waals surface area contributed by atoms with E-state index in [1.54, 1.807) is 31.2 Å². The molecule has 1 atom stereocenters. The molecule has 0 spiro atoms. The third kappa shape index (κ3) is 5.29. The van der Waals surface area contributed by atoms with Gasteiger partial charge >= 0.3 is 0 Å². The Balaban J connectivity index is 2.40. The molecule has 2 aromatic carbocycles. The van der Waals surface area contributed by atoms with Gasteiger partial charge in [-0.3, -0.25) is 9.10 Å². The predicted octanol–water partition coefficient (Wildman–Crippen LogP) is 5.14. The fourth-order valence-electron chi connectivity index (χ4n) is 2.59. The van der Waals surface area contributed by atoms with E-state index in [1.165, 1.54) is 12.1 Å². The molecule has 0 saturated heterocycles. The number of aryl methyl sites for hydroxylation is 1. The van der Waals surface area contributed by atoms with Crippen molar-refractivity contribution in [2.45, 2.75) is 26.3 Å². The molecule has 5 nitrogen and oxygen atoms in total. The van der Waals surface area contributed by atoms with E-state index in [2.05, 4.69) is 5.32 Å². The average Bonchev–Trinajstić information content (AvgIpc) is 2.57. The number of rotatable bonds is 6. The van der Waals surface area contributed by atoms with Gasteiger partial charge < -0.3 is 5.32 Å². The Morgan fingerprint density at radius 2 is 1.63 bits per heavy atom. The second-order valence-electron chi connectivity index (χ2n) is 6.05. The molecule has 0 unspecified atom stereocenters. The number of benzene rings is 2. The van der Waals surface area contributed by atoms with Crippen LogP contribution in [0.4, 0.5) is 11.4 Å². The number of halogens is 3. The lowest BCUT2D eigenvalue weighted by molar-refractivity contribution is -0.117. The van der Waals surface area contributed by atoms with Gasteiger partial charge in [0.2, 0.25) is 15.9 Å². The van der Waals surface area contributed by atoms with Crippen LogP contribution < -0.4 is 9.62 Å². The molecule has 0 bridgehead atoms.